The van der Waals surface area contributed by atoms with Gasteiger partial charge in [-0.2, -0.15) is 0 Å². The molecule has 1 aliphatic rings. The number of hydrogen-bond donors (Lipinski definition) is 0. The summed E-state index contributed by atoms with van der Waals surface area (Å²) in [4.78, 5) is 25.4. The van der Waals surface area contributed by atoms with Gasteiger partial charge in [-0.05, 0) is 19.2 Å². The van der Waals surface area contributed by atoms with Crippen molar-refractivity contribution in [3.05, 3.63) is 48.3 Å². The molecule has 1 aromatic carbocycles. The number of aromatic nitrogens is 2. The quantitative estimate of drug-likeness (QED) is 0.838. The summed E-state index contributed by atoms with van der Waals surface area (Å²) in [6, 6.07) is 9.32. The van der Waals surface area contributed by atoms with Crippen molar-refractivity contribution in [3.8, 4) is 11.4 Å². The number of likely N-dealkylation sites (N-methyl/N-ethyl adjacent to an activating group) is 1. The molecule has 5 heteroatoms. The fourth-order valence-electron chi connectivity index (χ4n) is 2.48. The van der Waals surface area contributed by atoms with Crippen LogP contribution in [0, 0.1) is 0 Å². The molecule has 0 N–H and O–H groups in total. The Balaban J connectivity index is 1.90. The number of carbonyl (C=O) groups excluding carboxylic acids is 1. The Morgan fingerprint density at radius 1 is 1.00 bits per heavy atom. The monoisotopic (exact) mass is 282 g/mol. The lowest BCUT2D eigenvalue weighted by molar-refractivity contribution is 0.0665. The summed E-state index contributed by atoms with van der Waals surface area (Å²) < 4.78 is 0. The minimum absolute atomic E-state index is 0.0613. The zero-order valence-electron chi connectivity index (χ0n) is 12.1. The summed E-state index contributed by atoms with van der Waals surface area (Å²) in [5.74, 6) is 0.654. The van der Waals surface area contributed by atoms with Crippen molar-refractivity contribution in [1.82, 2.24) is 19.8 Å². The van der Waals surface area contributed by atoms with Gasteiger partial charge in [0.1, 0.15) is 0 Å². The topological polar surface area (TPSA) is 49.3 Å². The standard InChI is InChI=1S/C16H18N4O/c1-19-9-11-20(12-10-19)16(21)14-6-3-2-5-13(14)15-17-7-4-8-18-15/h2-8H,9-12H2,1H3. The van der Waals surface area contributed by atoms with E-state index in [0.29, 0.717) is 11.4 Å². The second kappa shape index (κ2) is 6.01. The minimum Gasteiger partial charge on any atom is -0.336 e. The van der Waals surface area contributed by atoms with Gasteiger partial charge in [-0.1, -0.05) is 18.2 Å². The van der Waals surface area contributed by atoms with Gasteiger partial charge in [0, 0.05) is 44.1 Å². The van der Waals surface area contributed by atoms with Crippen molar-refractivity contribution >= 4 is 5.91 Å². The second-order valence-corrected chi connectivity index (χ2v) is 5.21. The molecule has 0 unspecified atom stereocenters. The SMILES string of the molecule is CN1CCN(C(=O)c2ccccc2-c2ncccn2)CC1. The summed E-state index contributed by atoms with van der Waals surface area (Å²) in [5, 5.41) is 0. The van der Waals surface area contributed by atoms with Crippen molar-refractivity contribution in [2.45, 2.75) is 0 Å². The normalized spacial score (nSPS) is 16.0. The van der Waals surface area contributed by atoms with E-state index in [-0.39, 0.29) is 5.91 Å². The predicted molar refractivity (Wildman–Crippen MR) is 80.9 cm³/mol. The fraction of sp³-hybridized carbons (Fsp3) is 0.312. The Morgan fingerprint density at radius 3 is 2.38 bits per heavy atom. The third-order valence-electron chi connectivity index (χ3n) is 3.75. The smallest absolute Gasteiger partial charge is 0.254 e. The van der Waals surface area contributed by atoms with Crippen molar-refractivity contribution in [1.29, 1.82) is 0 Å². The summed E-state index contributed by atoms with van der Waals surface area (Å²) in [7, 11) is 2.08. The van der Waals surface area contributed by atoms with Crippen LogP contribution in [-0.2, 0) is 0 Å². The predicted octanol–water partition coefficient (Wildman–Crippen LogP) is 1.53. The summed E-state index contributed by atoms with van der Waals surface area (Å²) in [6.07, 6.45) is 3.39. The van der Waals surface area contributed by atoms with Gasteiger partial charge < -0.3 is 9.80 Å². The van der Waals surface area contributed by atoms with Crippen LogP contribution in [-0.4, -0.2) is 58.9 Å². The molecule has 1 amide bonds. The maximum atomic E-state index is 12.8. The van der Waals surface area contributed by atoms with Gasteiger partial charge in [0.15, 0.2) is 5.82 Å². The molecule has 0 radical (unpaired) electrons. The minimum atomic E-state index is 0.0613. The van der Waals surface area contributed by atoms with E-state index in [1.165, 1.54) is 0 Å². The summed E-state index contributed by atoms with van der Waals surface area (Å²) in [6.45, 7) is 3.35. The molecule has 0 atom stereocenters. The van der Waals surface area contributed by atoms with E-state index in [1.54, 1.807) is 18.5 Å². The van der Waals surface area contributed by atoms with Gasteiger partial charge in [-0.25, -0.2) is 9.97 Å². The highest BCUT2D eigenvalue weighted by Crippen LogP contribution is 2.21. The van der Waals surface area contributed by atoms with Gasteiger partial charge in [-0.15, -0.1) is 0 Å². The molecule has 1 saturated heterocycles. The van der Waals surface area contributed by atoms with Crippen LogP contribution in [0.2, 0.25) is 0 Å². The molecular formula is C16H18N4O. The highest BCUT2D eigenvalue weighted by Gasteiger charge is 2.23. The van der Waals surface area contributed by atoms with Crippen molar-refractivity contribution < 1.29 is 4.79 Å². The number of piperazine rings is 1. The molecule has 0 saturated carbocycles. The first-order chi connectivity index (χ1) is 10.3. The molecule has 5 nitrogen and oxygen atoms in total. The zero-order chi connectivity index (χ0) is 14.7. The van der Waals surface area contributed by atoms with E-state index >= 15 is 0 Å². The van der Waals surface area contributed by atoms with E-state index in [4.69, 9.17) is 0 Å². The Kier molecular flexibility index (Phi) is 3.92. The van der Waals surface area contributed by atoms with E-state index in [1.807, 2.05) is 29.2 Å². The number of rotatable bonds is 2. The largest absolute Gasteiger partial charge is 0.336 e. The zero-order valence-corrected chi connectivity index (χ0v) is 12.1. The van der Waals surface area contributed by atoms with Crippen LogP contribution in [0.25, 0.3) is 11.4 Å². The van der Waals surface area contributed by atoms with Crippen molar-refractivity contribution in [2.24, 2.45) is 0 Å². The fourth-order valence-corrected chi connectivity index (χ4v) is 2.48. The first-order valence-electron chi connectivity index (χ1n) is 7.10. The number of hydrogen-bond acceptors (Lipinski definition) is 4. The average molecular weight is 282 g/mol. The van der Waals surface area contributed by atoms with Crippen LogP contribution in [0.1, 0.15) is 10.4 Å². The molecule has 108 valence electrons. The lowest BCUT2D eigenvalue weighted by atomic mass is 10.1. The van der Waals surface area contributed by atoms with E-state index in [2.05, 4.69) is 21.9 Å². The number of nitrogens with zero attached hydrogens (tertiary/aromatic N) is 4. The van der Waals surface area contributed by atoms with Crippen LogP contribution >= 0.6 is 0 Å². The van der Waals surface area contributed by atoms with Crippen LogP contribution in [0.15, 0.2) is 42.7 Å². The molecule has 2 heterocycles. The molecule has 0 bridgehead atoms. The molecule has 1 fully saturated rings. The van der Waals surface area contributed by atoms with Crippen molar-refractivity contribution in [2.75, 3.05) is 33.2 Å². The molecule has 0 aliphatic carbocycles. The number of carbonyl (C=O) groups is 1. The lowest BCUT2D eigenvalue weighted by Gasteiger charge is -2.32. The van der Waals surface area contributed by atoms with Crippen LogP contribution < -0.4 is 0 Å². The molecule has 21 heavy (non-hydrogen) atoms. The third kappa shape index (κ3) is 2.92. The average Bonchev–Trinajstić information content (AvgIpc) is 2.56. The molecule has 2 aromatic rings. The Hall–Kier alpha value is -2.27. The van der Waals surface area contributed by atoms with Crippen LogP contribution in [0.3, 0.4) is 0 Å². The van der Waals surface area contributed by atoms with Gasteiger partial charge in [-0.3, -0.25) is 4.79 Å². The highest BCUT2D eigenvalue weighted by atomic mass is 16.2. The number of amides is 1. The summed E-state index contributed by atoms with van der Waals surface area (Å²) in [5.41, 5.74) is 1.47. The molecule has 3 rings (SSSR count). The third-order valence-corrected chi connectivity index (χ3v) is 3.75. The van der Waals surface area contributed by atoms with Gasteiger partial charge in [0.2, 0.25) is 0 Å². The lowest BCUT2D eigenvalue weighted by Crippen LogP contribution is -2.47. The molecule has 1 aliphatic heterocycles. The Bertz CT molecular complexity index is 621. The number of benzene rings is 1. The molecule has 0 spiro atoms. The first-order valence-corrected chi connectivity index (χ1v) is 7.10. The van der Waals surface area contributed by atoms with Gasteiger partial charge >= 0.3 is 0 Å². The first kappa shape index (κ1) is 13.7. The van der Waals surface area contributed by atoms with E-state index in [0.717, 1.165) is 31.7 Å². The maximum Gasteiger partial charge on any atom is 0.254 e. The van der Waals surface area contributed by atoms with E-state index < -0.39 is 0 Å². The van der Waals surface area contributed by atoms with E-state index in [9.17, 15) is 4.79 Å². The van der Waals surface area contributed by atoms with Crippen LogP contribution in [0.4, 0.5) is 0 Å². The second-order valence-electron chi connectivity index (χ2n) is 5.21. The summed E-state index contributed by atoms with van der Waals surface area (Å²) >= 11 is 0. The van der Waals surface area contributed by atoms with Crippen molar-refractivity contribution in [3.63, 3.8) is 0 Å². The molecule has 1 aromatic heterocycles. The van der Waals surface area contributed by atoms with Gasteiger partial charge in [0.25, 0.3) is 5.91 Å². The van der Waals surface area contributed by atoms with Gasteiger partial charge in [0.05, 0.1) is 5.56 Å². The maximum absolute atomic E-state index is 12.8. The Morgan fingerprint density at radius 2 is 1.67 bits per heavy atom. The molecular weight excluding hydrogens is 264 g/mol. The Labute approximate surface area is 124 Å². The highest BCUT2D eigenvalue weighted by molar-refractivity contribution is 6.00. The van der Waals surface area contributed by atoms with Crippen LogP contribution in [0.5, 0.6) is 0 Å².